The minimum Gasteiger partial charge on any atom is -0.480 e. The molecule has 1 aromatic heterocycles. The quantitative estimate of drug-likeness (QED) is 0.609. The van der Waals surface area contributed by atoms with Crippen LogP contribution in [0.4, 0.5) is 5.69 Å². The molecule has 0 saturated carbocycles. The predicted molar refractivity (Wildman–Crippen MR) is 84.0 cm³/mol. The van der Waals surface area contributed by atoms with Crippen molar-refractivity contribution in [3.05, 3.63) is 52.3 Å². The van der Waals surface area contributed by atoms with Gasteiger partial charge in [0.2, 0.25) is 0 Å². The van der Waals surface area contributed by atoms with E-state index >= 15 is 0 Å². The molecule has 0 fully saturated rings. The van der Waals surface area contributed by atoms with E-state index in [-0.39, 0.29) is 23.6 Å². The maximum Gasteiger partial charge on any atom is 0.323 e. The maximum absolute atomic E-state index is 12.4. The summed E-state index contributed by atoms with van der Waals surface area (Å²) in [5.41, 5.74) is 0.111. The lowest BCUT2D eigenvalue weighted by molar-refractivity contribution is -0.384. The number of hydrogen-bond acceptors (Lipinski definition) is 5. The summed E-state index contributed by atoms with van der Waals surface area (Å²) in [6, 6.07) is 7.42. The van der Waals surface area contributed by atoms with Gasteiger partial charge in [0.25, 0.3) is 11.6 Å². The summed E-state index contributed by atoms with van der Waals surface area (Å²) in [6.07, 6.45) is 2.03. The number of nitrogens with zero attached hydrogens (tertiary/aromatic N) is 4. The number of rotatable bonds is 7. The van der Waals surface area contributed by atoms with E-state index in [0.717, 1.165) is 0 Å². The number of aromatic nitrogens is 2. The molecular formula is C15H16N4O5. The van der Waals surface area contributed by atoms with E-state index in [4.69, 9.17) is 5.11 Å². The summed E-state index contributed by atoms with van der Waals surface area (Å²) < 4.78 is 1.23. The minimum absolute atomic E-state index is 0.0304. The Morgan fingerprint density at radius 2 is 2.04 bits per heavy atom. The van der Waals surface area contributed by atoms with Crippen molar-refractivity contribution in [1.29, 1.82) is 0 Å². The molecule has 9 heteroatoms. The van der Waals surface area contributed by atoms with E-state index in [0.29, 0.717) is 6.42 Å². The second kappa shape index (κ2) is 7.36. The standard InChI is InChI=1S/C15H16N4O5/c1-2-8-17(10-14(20)21)15(22)11-7-9-18(16-11)12-5-3-4-6-13(12)19(23)24/h3-7,9H,2,8,10H2,1H3,(H,20,21). The molecule has 1 N–H and O–H groups in total. The fourth-order valence-electron chi connectivity index (χ4n) is 2.23. The Kier molecular flexibility index (Phi) is 5.25. The highest BCUT2D eigenvalue weighted by molar-refractivity contribution is 5.94. The van der Waals surface area contributed by atoms with Gasteiger partial charge in [0.1, 0.15) is 12.2 Å². The van der Waals surface area contributed by atoms with Gasteiger partial charge >= 0.3 is 5.97 Å². The number of carbonyl (C=O) groups is 2. The number of carbonyl (C=O) groups excluding carboxylic acids is 1. The van der Waals surface area contributed by atoms with Crippen molar-refractivity contribution in [2.45, 2.75) is 13.3 Å². The molecule has 0 bridgehead atoms. The number of benzene rings is 1. The molecule has 1 amide bonds. The fraction of sp³-hybridized carbons (Fsp3) is 0.267. The van der Waals surface area contributed by atoms with Gasteiger partial charge in [0.05, 0.1) is 4.92 Å². The first-order valence-corrected chi connectivity index (χ1v) is 7.24. The lowest BCUT2D eigenvalue weighted by Gasteiger charge is -2.18. The molecular weight excluding hydrogens is 316 g/mol. The zero-order chi connectivity index (χ0) is 17.7. The number of carboxylic acids is 1. The molecule has 1 heterocycles. The van der Waals surface area contributed by atoms with E-state index < -0.39 is 23.3 Å². The molecule has 0 aliphatic carbocycles. The van der Waals surface area contributed by atoms with Crippen LogP contribution in [0, 0.1) is 10.1 Å². The van der Waals surface area contributed by atoms with Crippen LogP contribution >= 0.6 is 0 Å². The number of nitro groups is 1. The second-order valence-electron chi connectivity index (χ2n) is 5.01. The van der Waals surface area contributed by atoms with Crippen molar-refractivity contribution in [3.63, 3.8) is 0 Å². The summed E-state index contributed by atoms with van der Waals surface area (Å²) in [5.74, 6) is -1.65. The SMILES string of the molecule is CCCN(CC(=O)O)C(=O)c1ccn(-c2ccccc2[N+](=O)[O-])n1. The molecule has 1 aromatic carbocycles. The maximum atomic E-state index is 12.4. The molecule has 0 spiro atoms. The van der Waals surface area contributed by atoms with Crippen molar-refractivity contribution in [3.8, 4) is 5.69 Å². The molecule has 0 saturated heterocycles. The number of nitro benzene ring substituents is 1. The Morgan fingerprint density at radius 1 is 1.33 bits per heavy atom. The third kappa shape index (κ3) is 3.75. The molecule has 9 nitrogen and oxygen atoms in total. The third-order valence-corrected chi connectivity index (χ3v) is 3.24. The second-order valence-corrected chi connectivity index (χ2v) is 5.01. The Hall–Kier alpha value is -3.23. The van der Waals surface area contributed by atoms with Crippen molar-refractivity contribution in [2.75, 3.05) is 13.1 Å². The fourth-order valence-corrected chi connectivity index (χ4v) is 2.23. The highest BCUT2D eigenvalue weighted by Crippen LogP contribution is 2.21. The van der Waals surface area contributed by atoms with Crippen LogP contribution in [0.3, 0.4) is 0 Å². The molecule has 24 heavy (non-hydrogen) atoms. The average Bonchev–Trinajstić information content (AvgIpc) is 3.03. The lowest BCUT2D eigenvalue weighted by atomic mass is 10.3. The number of para-hydroxylation sites is 2. The smallest absolute Gasteiger partial charge is 0.323 e. The largest absolute Gasteiger partial charge is 0.480 e. The minimum atomic E-state index is -1.12. The lowest BCUT2D eigenvalue weighted by Crippen LogP contribution is -2.36. The van der Waals surface area contributed by atoms with Crippen LogP contribution in [-0.2, 0) is 4.79 Å². The van der Waals surface area contributed by atoms with Crippen molar-refractivity contribution in [2.24, 2.45) is 0 Å². The van der Waals surface area contributed by atoms with Gasteiger partial charge in [0.15, 0.2) is 5.69 Å². The first-order chi connectivity index (χ1) is 11.4. The number of hydrogen-bond donors (Lipinski definition) is 1. The highest BCUT2D eigenvalue weighted by Gasteiger charge is 2.22. The molecule has 2 aromatic rings. The monoisotopic (exact) mass is 332 g/mol. The molecule has 0 atom stereocenters. The van der Waals surface area contributed by atoms with Gasteiger partial charge in [-0.3, -0.25) is 19.7 Å². The van der Waals surface area contributed by atoms with E-state index in [2.05, 4.69) is 5.10 Å². The number of carboxylic acid groups (broad SMARTS) is 1. The van der Waals surface area contributed by atoms with Gasteiger partial charge in [0, 0.05) is 18.8 Å². The van der Waals surface area contributed by atoms with Gasteiger partial charge in [-0.25, -0.2) is 4.68 Å². The Bertz CT molecular complexity index is 771. The Balaban J connectivity index is 2.31. The van der Waals surface area contributed by atoms with Crippen molar-refractivity contribution in [1.82, 2.24) is 14.7 Å². The first kappa shape index (κ1) is 17.1. The number of amides is 1. The molecule has 0 aliphatic heterocycles. The van der Waals surface area contributed by atoms with Crippen LogP contribution < -0.4 is 0 Å². The molecule has 2 rings (SSSR count). The Labute approximate surface area is 137 Å². The molecule has 0 aliphatic rings. The zero-order valence-electron chi connectivity index (χ0n) is 13.0. The summed E-state index contributed by atoms with van der Waals surface area (Å²) in [7, 11) is 0. The number of aliphatic carboxylic acids is 1. The van der Waals surface area contributed by atoms with Gasteiger partial charge in [-0.15, -0.1) is 0 Å². The topological polar surface area (TPSA) is 119 Å². The summed E-state index contributed by atoms with van der Waals surface area (Å²) >= 11 is 0. The van der Waals surface area contributed by atoms with Crippen LogP contribution in [-0.4, -0.2) is 49.7 Å². The van der Waals surface area contributed by atoms with Crippen LogP contribution in [0.5, 0.6) is 0 Å². The van der Waals surface area contributed by atoms with Gasteiger partial charge in [-0.1, -0.05) is 19.1 Å². The predicted octanol–water partition coefficient (Wildman–Crippen LogP) is 1.72. The van der Waals surface area contributed by atoms with Crippen LogP contribution in [0.1, 0.15) is 23.8 Å². The van der Waals surface area contributed by atoms with Crippen LogP contribution in [0.2, 0.25) is 0 Å². The van der Waals surface area contributed by atoms with Gasteiger partial charge in [-0.05, 0) is 18.6 Å². The van der Waals surface area contributed by atoms with Crippen LogP contribution in [0.15, 0.2) is 36.5 Å². The van der Waals surface area contributed by atoms with Crippen LogP contribution in [0.25, 0.3) is 5.69 Å². The van der Waals surface area contributed by atoms with E-state index in [1.54, 1.807) is 6.07 Å². The van der Waals surface area contributed by atoms with Crippen molar-refractivity contribution < 1.29 is 19.6 Å². The van der Waals surface area contributed by atoms with Crippen molar-refractivity contribution >= 4 is 17.6 Å². The highest BCUT2D eigenvalue weighted by atomic mass is 16.6. The summed E-state index contributed by atoms with van der Waals surface area (Å²) in [6.45, 7) is 1.68. The zero-order valence-corrected chi connectivity index (χ0v) is 13.0. The molecule has 0 unspecified atom stereocenters. The molecule has 126 valence electrons. The average molecular weight is 332 g/mol. The summed E-state index contributed by atoms with van der Waals surface area (Å²) in [5, 5.41) is 24.0. The normalized spacial score (nSPS) is 10.4. The molecule has 0 radical (unpaired) electrons. The van der Waals surface area contributed by atoms with Gasteiger partial charge in [-0.2, -0.15) is 5.10 Å². The van der Waals surface area contributed by atoms with E-state index in [9.17, 15) is 19.7 Å². The summed E-state index contributed by atoms with van der Waals surface area (Å²) in [4.78, 5) is 35.0. The Morgan fingerprint density at radius 3 is 2.67 bits per heavy atom. The van der Waals surface area contributed by atoms with E-state index in [1.165, 1.54) is 40.0 Å². The third-order valence-electron chi connectivity index (χ3n) is 3.24. The first-order valence-electron chi connectivity index (χ1n) is 7.24. The van der Waals surface area contributed by atoms with Gasteiger partial charge < -0.3 is 10.0 Å². The van der Waals surface area contributed by atoms with E-state index in [1.807, 2.05) is 6.92 Å².